The lowest BCUT2D eigenvalue weighted by atomic mass is 9.95. The first-order valence-corrected chi connectivity index (χ1v) is 14.1. The van der Waals surface area contributed by atoms with E-state index in [4.69, 9.17) is 13.6 Å². The van der Waals surface area contributed by atoms with Crippen molar-refractivity contribution in [2.24, 2.45) is 0 Å². The molecule has 1 saturated carbocycles. The summed E-state index contributed by atoms with van der Waals surface area (Å²) in [6, 6.07) is 16.8. The van der Waals surface area contributed by atoms with Crippen molar-refractivity contribution in [3.05, 3.63) is 95.6 Å². The summed E-state index contributed by atoms with van der Waals surface area (Å²) in [4.78, 5) is 37.5. The Hall–Kier alpha value is -5.51. The highest BCUT2D eigenvalue weighted by Gasteiger charge is 2.38. The van der Waals surface area contributed by atoms with Crippen LogP contribution in [0.15, 0.2) is 81.9 Å². The van der Waals surface area contributed by atoms with Crippen LogP contribution < -0.4 is 15.0 Å². The third kappa shape index (κ3) is 4.64. The van der Waals surface area contributed by atoms with Gasteiger partial charge in [0.2, 0.25) is 0 Å². The number of amides is 2. The molecule has 10 heteroatoms. The predicted octanol–water partition coefficient (Wildman–Crippen LogP) is 6.93. The second-order valence-electron chi connectivity index (χ2n) is 10.7. The van der Waals surface area contributed by atoms with Gasteiger partial charge in [-0.1, -0.05) is 6.07 Å². The highest BCUT2D eigenvalue weighted by atomic mass is 19.1. The molecule has 0 unspecified atom stereocenters. The van der Waals surface area contributed by atoms with Gasteiger partial charge in [0, 0.05) is 36.3 Å². The molecule has 1 aliphatic rings. The number of fused-ring (bicyclic) bond motifs is 2. The third-order valence-corrected chi connectivity index (χ3v) is 7.85. The molecule has 0 radical (unpaired) electrons. The first-order valence-electron chi connectivity index (χ1n) is 14.1. The molecule has 6 aromatic rings. The molecule has 9 nitrogen and oxygen atoms in total. The minimum Gasteiger partial charge on any atom is -0.496 e. The van der Waals surface area contributed by atoms with Crippen LogP contribution in [0.25, 0.3) is 44.5 Å². The van der Waals surface area contributed by atoms with Gasteiger partial charge in [0.25, 0.3) is 11.8 Å². The number of carbonyl (C=O) groups excluding carboxylic acids is 2. The maximum Gasteiger partial charge on any atom is 0.305 e. The minimum atomic E-state index is -0.387. The number of rotatable bonds is 7. The largest absolute Gasteiger partial charge is 0.496 e. The lowest BCUT2D eigenvalue weighted by Crippen LogP contribution is -2.33. The van der Waals surface area contributed by atoms with E-state index < -0.39 is 0 Å². The van der Waals surface area contributed by atoms with E-state index in [9.17, 15) is 14.0 Å². The van der Waals surface area contributed by atoms with Crippen LogP contribution in [0.1, 0.15) is 39.1 Å². The lowest BCUT2D eigenvalue weighted by molar-refractivity contribution is 0.0960. The highest BCUT2D eigenvalue weighted by Crippen LogP contribution is 2.40. The van der Waals surface area contributed by atoms with E-state index in [2.05, 4.69) is 15.3 Å². The van der Waals surface area contributed by atoms with Crippen molar-refractivity contribution in [2.45, 2.75) is 25.8 Å². The Labute approximate surface area is 251 Å². The number of ether oxygens (including phenoxy) is 1. The Kier molecular flexibility index (Phi) is 6.61. The lowest BCUT2D eigenvalue weighted by Gasteiger charge is -2.21. The smallest absolute Gasteiger partial charge is 0.305 e. The van der Waals surface area contributed by atoms with Crippen molar-refractivity contribution in [3.8, 4) is 28.2 Å². The van der Waals surface area contributed by atoms with Crippen molar-refractivity contribution in [3.63, 3.8) is 0 Å². The topological polar surface area (TPSA) is 111 Å². The number of hydrogen-bond donors (Lipinski definition) is 1. The molecule has 3 heterocycles. The Balaban J connectivity index is 1.35. The van der Waals surface area contributed by atoms with Gasteiger partial charge in [-0.2, -0.15) is 4.98 Å². The number of halogens is 1. The Morgan fingerprint density at radius 1 is 1.00 bits per heavy atom. The molecular formula is C34H27FN4O5. The van der Waals surface area contributed by atoms with Gasteiger partial charge in [0.05, 0.1) is 24.4 Å². The fraction of sp³-hybridized carbons (Fsp3) is 0.176. The normalized spacial score (nSPS) is 12.9. The van der Waals surface area contributed by atoms with E-state index in [1.54, 1.807) is 54.7 Å². The van der Waals surface area contributed by atoms with Gasteiger partial charge in [-0.3, -0.25) is 19.5 Å². The number of methoxy groups -OCH3 is 1. The van der Waals surface area contributed by atoms with E-state index in [1.165, 1.54) is 19.2 Å². The summed E-state index contributed by atoms with van der Waals surface area (Å²) < 4.78 is 31.4. The maximum absolute atomic E-state index is 14.2. The number of benzene rings is 3. The summed E-state index contributed by atoms with van der Waals surface area (Å²) in [5.74, 6) is -0.251. The van der Waals surface area contributed by atoms with Crippen LogP contribution in [0, 0.1) is 12.7 Å². The fourth-order valence-corrected chi connectivity index (χ4v) is 5.49. The van der Waals surface area contributed by atoms with Gasteiger partial charge < -0.3 is 18.9 Å². The summed E-state index contributed by atoms with van der Waals surface area (Å²) >= 11 is 0. The molecule has 3 aromatic carbocycles. The summed E-state index contributed by atoms with van der Waals surface area (Å²) in [5, 5.41) is 3.27. The first kappa shape index (κ1) is 27.3. The zero-order valence-corrected chi connectivity index (χ0v) is 24.2. The Morgan fingerprint density at radius 2 is 1.77 bits per heavy atom. The monoisotopic (exact) mass is 590 g/mol. The SMILES string of the molecule is CNC(=O)c1c(-c2ccc(F)cc2)oc2ccc(-c3cc(C(=O)N(c4nc5cnccc5o4)C4CC4)c(OC)cc3C)cc12. The molecule has 0 spiro atoms. The van der Waals surface area contributed by atoms with Crippen LogP contribution in [-0.2, 0) is 0 Å². The summed E-state index contributed by atoms with van der Waals surface area (Å²) in [6.45, 7) is 1.93. The molecule has 1 aliphatic carbocycles. The van der Waals surface area contributed by atoms with Crippen molar-refractivity contribution in [1.29, 1.82) is 0 Å². The molecule has 3 aromatic heterocycles. The molecule has 7 rings (SSSR count). The molecule has 0 saturated heterocycles. The van der Waals surface area contributed by atoms with Gasteiger partial charge >= 0.3 is 6.01 Å². The second-order valence-corrected chi connectivity index (χ2v) is 10.7. The van der Waals surface area contributed by atoms with Crippen LogP contribution in [-0.4, -0.2) is 42.0 Å². The van der Waals surface area contributed by atoms with Crippen LogP contribution in [0.5, 0.6) is 5.75 Å². The molecule has 2 amide bonds. The number of hydrogen-bond acceptors (Lipinski definition) is 7. The van der Waals surface area contributed by atoms with Crippen LogP contribution in [0.4, 0.5) is 10.4 Å². The standard InChI is InChI=1S/C34H27FN4O5/c1-18-14-29(42-3)25(33(41)39(22-9-10-22)34-38-26-17-37-13-12-28(26)44-34)16-23(18)20-6-11-27-24(15-20)30(32(40)36-2)31(43-27)19-4-7-21(35)8-5-19/h4-8,11-17,22H,9-10H2,1-3H3,(H,36,40). The van der Waals surface area contributed by atoms with E-state index in [0.717, 1.165) is 29.5 Å². The predicted molar refractivity (Wildman–Crippen MR) is 163 cm³/mol. The van der Waals surface area contributed by atoms with Gasteiger partial charge in [-0.25, -0.2) is 4.39 Å². The molecule has 220 valence electrons. The maximum atomic E-state index is 14.2. The third-order valence-electron chi connectivity index (χ3n) is 7.85. The van der Waals surface area contributed by atoms with Crippen LogP contribution in [0.3, 0.4) is 0 Å². The van der Waals surface area contributed by atoms with Crippen molar-refractivity contribution >= 4 is 39.9 Å². The van der Waals surface area contributed by atoms with Gasteiger partial charge in [-0.05, 0) is 85.0 Å². The number of aryl methyl sites for hydroxylation is 1. The molecule has 0 aliphatic heterocycles. The zero-order chi connectivity index (χ0) is 30.5. The number of carbonyl (C=O) groups is 2. The van der Waals surface area contributed by atoms with Gasteiger partial charge in [0.1, 0.15) is 28.4 Å². The van der Waals surface area contributed by atoms with Gasteiger partial charge in [-0.15, -0.1) is 0 Å². The quantitative estimate of drug-likeness (QED) is 0.215. The second kappa shape index (κ2) is 10.6. The molecule has 0 atom stereocenters. The summed E-state index contributed by atoms with van der Waals surface area (Å²) in [7, 11) is 3.08. The number of nitrogens with one attached hydrogen (secondary N) is 1. The van der Waals surface area contributed by atoms with Crippen LogP contribution >= 0.6 is 0 Å². The molecular weight excluding hydrogens is 563 g/mol. The summed E-state index contributed by atoms with van der Waals surface area (Å²) in [5.41, 5.74) is 5.30. The van der Waals surface area contributed by atoms with Crippen molar-refractivity contribution in [2.75, 3.05) is 19.1 Å². The average Bonchev–Trinajstić information content (AvgIpc) is 3.65. The zero-order valence-electron chi connectivity index (χ0n) is 24.2. The van der Waals surface area contributed by atoms with Crippen molar-refractivity contribution < 1.29 is 27.6 Å². The minimum absolute atomic E-state index is 0.0414. The highest BCUT2D eigenvalue weighted by molar-refractivity contribution is 6.12. The number of pyridine rings is 1. The van der Waals surface area contributed by atoms with E-state index in [0.29, 0.717) is 50.3 Å². The molecule has 44 heavy (non-hydrogen) atoms. The summed E-state index contributed by atoms with van der Waals surface area (Å²) in [6.07, 6.45) is 4.88. The number of aromatic nitrogens is 2. The Morgan fingerprint density at radius 3 is 2.48 bits per heavy atom. The first-order chi connectivity index (χ1) is 21.4. The van der Waals surface area contributed by atoms with Gasteiger partial charge in [0.15, 0.2) is 5.58 Å². The van der Waals surface area contributed by atoms with Crippen LogP contribution in [0.2, 0.25) is 0 Å². The van der Waals surface area contributed by atoms with E-state index >= 15 is 0 Å². The molecule has 1 N–H and O–H groups in total. The number of oxazole rings is 1. The number of furan rings is 1. The number of anilines is 1. The molecule has 0 bridgehead atoms. The van der Waals surface area contributed by atoms with E-state index in [-0.39, 0.29) is 29.7 Å². The average molecular weight is 591 g/mol. The molecule has 1 fully saturated rings. The van der Waals surface area contributed by atoms with Crippen molar-refractivity contribution in [1.82, 2.24) is 15.3 Å². The fourth-order valence-electron chi connectivity index (χ4n) is 5.49. The Bertz CT molecular complexity index is 2040. The number of nitrogens with zero attached hydrogens (tertiary/aromatic N) is 3. The van der Waals surface area contributed by atoms with E-state index in [1.807, 2.05) is 25.1 Å².